The highest BCUT2D eigenvalue weighted by molar-refractivity contribution is 7.99. The van der Waals surface area contributed by atoms with E-state index in [2.05, 4.69) is 24.2 Å². The lowest BCUT2D eigenvalue weighted by Gasteiger charge is -2.22. The quantitative estimate of drug-likeness (QED) is 0.650. The maximum Gasteiger partial charge on any atom is 0.102 e. The van der Waals surface area contributed by atoms with Crippen molar-refractivity contribution < 1.29 is 0 Å². The molecule has 0 bridgehead atoms. The van der Waals surface area contributed by atoms with E-state index in [1.54, 1.807) is 11.8 Å². The molecule has 1 N–H and O–H groups in total. The fourth-order valence-electron chi connectivity index (χ4n) is 1.40. The molecular formula is C14H16N2S. The molecule has 1 aromatic carbocycles. The zero-order chi connectivity index (χ0) is 12.9. The van der Waals surface area contributed by atoms with Crippen molar-refractivity contribution in [1.82, 2.24) is 0 Å². The molecule has 88 valence electrons. The van der Waals surface area contributed by atoms with Crippen molar-refractivity contribution in [3.63, 3.8) is 0 Å². The van der Waals surface area contributed by atoms with Crippen LogP contribution in [-0.4, -0.2) is 11.3 Å². The number of terminal acetylenes is 1. The Morgan fingerprint density at radius 2 is 2.18 bits per heavy atom. The largest absolute Gasteiger partial charge is 0.368 e. The third-order valence-corrected chi connectivity index (χ3v) is 3.19. The standard InChI is InChI=1S/C14H16N2S/c1-5-14(3,4)16-12-8-7-9-13(17-6-2)11(12)10-15/h1,7-9,16H,6H2,2-4H3. The molecule has 0 radical (unpaired) electrons. The minimum absolute atomic E-state index is 0.457. The maximum absolute atomic E-state index is 9.24. The Bertz CT molecular complexity index is 478. The summed E-state index contributed by atoms with van der Waals surface area (Å²) in [4.78, 5) is 0.993. The van der Waals surface area contributed by atoms with Crippen LogP contribution in [0.3, 0.4) is 0 Å². The molecule has 0 unspecified atom stereocenters. The van der Waals surface area contributed by atoms with Gasteiger partial charge in [-0.3, -0.25) is 0 Å². The van der Waals surface area contributed by atoms with Crippen LogP contribution < -0.4 is 5.32 Å². The van der Waals surface area contributed by atoms with Gasteiger partial charge in [0.05, 0.1) is 16.8 Å². The molecule has 0 amide bonds. The number of anilines is 1. The van der Waals surface area contributed by atoms with Crippen LogP contribution >= 0.6 is 11.8 Å². The van der Waals surface area contributed by atoms with Gasteiger partial charge in [-0.15, -0.1) is 18.2 Å². The summed E-state index contributed by atoms with van der Waals surface area (Å²) >= 11 is 1.66. The third-order valence-electron chi connectivity index (χ3n) is 2.25. The van der Waals surface area contributed by atoms with E-state index in [9.17, 15) is 5.26 Å². The van der Waals surface area contributed by atoms with E-state index in [4.69, 9.17) is 6.42 Å². The van der Waals surface area contributed by atoms with Crippen molar-refractivity contribution >= 4 is 17.4 Å². The number of rotatable bonds is 4. The highest BCUT2D eigenvalue weighted by Crippen LogP contribution is 2.29. The number of hydrogen-bond acceptors (Lipinski definition) is 3. The van der Waals surface area contributed by atoms with E-state index in [1.807, 2.05) is 32.0 Å². The molecule has 0 aliphatic rings. The number of thioether (sulfide) groups is 1. The van der Waals surface area contributed by atoms with E-state index >= 15 is 0 Å². The van der Waals surface area contributed by atoms with Crippen molar-refractivity contribution in [3.8, 4) is 18.4 Å². The molecular weight excluding hydrogens is 228 g/mol. The highest BCUT2D eigenvalue weighted by atomic mass is 32.2. The Kier molecular flexibility index (Phi) is 4.49. The monoisotopic (exact) mass is 244 g/mol. The Balaban J connectivity index is 3.14. The van der Waals surface area contributed by atoms with E-state index in [-0.39, 0.29) is 0 Å². The molecule has 3 heteroatoms. The topological polar surface area (TPSA) is 35.8 Å². The number of nitriles is 1. The van der Waals surface area contributed by atoms with Gasteiger partial charge in [0.15, 0.2) is 0 Å². The molecule has 1 aromatic rings. The minimum atomic E-state index is -0.457. The van der Waals surface area contributed by atoms with Crippen LogP contribution in [0.5, 0.6) is 0 Å². The molecule has 0 aliphatic heterocycles. The second kappa shape index (κ2) is 5.66. The summed E-state index contributed by atoms with van der Waals surface area (Å²) in [6.45, 7) is 5.89. The molecule has 0 saturated heterocycles. The fraction of sp³-hybridized carbons (Fsp3) is 0.357. The fourth-order valence-corrected chi connectivity index (χ4v) is 2.18. The maximum atomic E-state index is 9.24. The van der Waals surface area contributed by atoms with Gasteiger partial charge < -0.3 is 5.32 Å². The van der Waals surface area contributed by atoms with Crippen LogP contribution in [0.4, 0.5) is 5.69 Å². The van der Waals surface area contributed by atoms with E-state index in [0.29, 0.717) is 5.56 Å². The molecule has 0 heterocycles. The summed E-state index contributed by atoms with van der Waals surface area (Å²) in [5.74, 6) is 3.61. The van der Waals surface area contributed by atoms with Crippen molar-refractivity contribution in [2.45, 2.75) is 31.2 Å². The van der Waals surface area contributed by atoms with Crippen LogP contribution in [0.25, 0.3) is 0 Å². The number of nitrogens with one attached hydrogen (secondary N) is 1. The van der Waals surface area contributed by atoms with Crippen LogP contribution in [0.2, 0.25) is 0 Å². The van der Waals surface area contributed by atoms with Gasteiger partial charge in [-0.25, -0.2) is 0 Å². The Labute approximate surface area is 107 Å². The summed E-state index contributed by atoms with van der Waals surface area (Å²) in [5.41, 5.74) is 1.01. The van der Waals surface area contributed by atoms with Crippen molar-refractivity contribution in [2.24, 2.45) is 0 Å². The second-order valence-corrected chi connectivity index (χ2v) is 5.42. The normalized spacial score (nSPS) is 10.4. The van der Waals surface area contributed by atoms with Crippen LogP contribution in [0, 0.1) is 23.7 Å². The summed E-state index contributed by atoms with van der Waals surface area (Å²) in [5, 5.41) is 12.5. The van der Waals surface area contributed by atoms with Gasteiger partial charge in [0, 0.05) is 4.90 Å². The first-order valence-corrected chi connectivity index (χ1v) is 6.44. The Morgan fingerprint density at radius 3 is 2.71 bits per heavy atom. The van der Waals surface area contributed by atoms with Gasteiger partial charge in [-0.05, 0) is 31.7 Å². The third kappa shape index (κ3) is 3.44. The van der Waals surface area contributed by atoms with E-state index < -0.39 is 5.54 Å². The summed E-state index contributed by atoms with van der Waals surface area (Å²) in [7, 11) is 0. The van der Waals surface area contributed by atoms with Gasteiger partial charge in [-0.1, -0.05) is 18.9 Å². The smallest absolute Gasteiger partial charge is 0.102 e. The first-order chi connectivity index (χ1) is 8.04. The number of benzene rings is 1. The van der Waals surface area contributed by atoms with Gasteiger partial charge in [-0.2, -0.15) is 5.26 Å². The second-order valence-electron chi connectivity index (χ2n) is 4.12. The Hall–Kier alpha value is -1.58. The Morgan fingerprint density at radius 1 is 1.47 bits per heavy atom. The molecule has 0 spiro atoms. The van der Waals surface area contributed by atoms with Crippen LogP contribution in [0.1, 0.15) is 26.3 Å². The number of nitrogens with zero attached hydrogens (tertiary/aromatic N) is 1. The molecule has 1 rings (SSSR count). The van der Waals surface area contributed by atoms with Gasteiger partial charge in [0.2, 0.25) is 0 Å². The first kappa shape index (κ1) is 13.5. The molecule has 2 nitrogen and oxygen atoms in total. The zero-order valence-electron chi connectivity index (χ0n) is 10.4. The van der Waals surface area contributed by atoms with E-state index in [0.717, 1.165) is 16.3 Å². The summed E-state index contributed by atoms with van der Waals surface area (Å²) in [6, 6.07) is 8.03. The van der Waals surface area contributed by atoms with Crippen LogP contribution in [0.15, 0.2) is 23.1 Å². The first-order valence-electron chi connectivity index (χ1n) is 5.46. The van der Waals surface area contributed by atoms with Gasteiger partial charge in [0.1, 0.15) is 6.07 Å². The lowest BCUT2D eigenvalue weighted by molar-refractivity contribution is 0.740. The molecule has 0 aliphatic carbocycles. The van der Waals surface area contributed by atoms with Crippen molar-refractivity contribution in [2.75, 3.05) is 11.1 Å². The highest BCUT2D eigenvalue weighted by Gasteiger charge is 2.16. The zero-order valence-corrected chi connectivity index (χ0v) is 11.2. The van der Waals surface area contributed by atoms with Gasteiger partial charge >= 0.3 is 0 Å². The summed E-state index contributed by atoms with van der Waals surface area (Å²) < 4.78 is 0. The predicted octanol–water partition coefficient (Wildman–Crippen LogP) is 3.49. The summed E-state index contributed by atoms with van der Waals surface area (Å²) in [6.07, 6.45) is 5.44. The molecule has 17 heavy (non-hydrogen) atoms. The molecule has 0 aromatic heterocycles. The van der Waals surface area contributed by atoms with Gasteiger partial charge in [0.25, 0.3) is 0 Å². The molecule has 0 fully saturated rings. The van der Waals surface area contributed by atoms with Crippen LogP contribution in [-0.2, 0) is 0 Å². The average Bonchev–Trinajstić information content (AvgIpc) is 2.29. The predicted molar refractivity (Wildman–Crippen MR) is 74.1 cm³/mol. The van der Waals surface area contributed by atoms with Crippen molar-refractivity contribution in [1.29, 1.82) is 5.26 Å². The molecule has 0 atom stereocenters. The molecule has 0 saturated carbocycles. The minimum Gasteiger partial charge on any atom is -0.368 e. The van der Waals surface area contributed by atoms with E-state index in [1.165, 1.54) is 0 Å². The van der Waals surface area contributed by atoms with Crippen molar-refractivity contribution in [3.05, 3.63) is 23.8 Å². The lowest BCUT2D eigenvalue weighted by atomic mass is 10.1. The average molecular weight is 244 g/mol. The SMILES string of the molecule is C#CC(C)(C)Nc1cccc(SCC)c1C#N. The number of hydrogen-bond donors (Lipinski definition) is 1. The lowest BCUT2D eigenvalue weighted by Crippen LogP contribution is -2.28.